The van der Waals surface area contributed by atoms with Gasteiger partial charge < -0.3 is 19.9 Å². The van der Waals surface area contributed by atoms with Crippen LogP contribution in [-0.4, -0.2) is 76.5 Å². The molecule has 0 bridgehead atoms. The van der Waals surface area contributed by atoms with Crippen molar-refractivity contribution in [3.05, 3.63) is 18.0 Å². The maximum absolute atomic E-state index is 12.8. The summed E-state index contributed by atoms with van der Waals surface area (Å²) < 4.78 is 44.9. The lowest BCUT2D eigenvalue weighted by Crippen LogP contribution is -2.62. The number of hydrogen-bond acceptors (Lipinski definition) is 4. The van der Waals surface area contributed by atoms with Crippen molar-refractivity contribution in [1.29, 1.82) is 0 Å². The number of fused-ring (bicyclic) bond motifs is 1. The van der Waals surface area contributed by atoms with Crippen molar-refractivity contribution < 1.29 is 27.5 Å². The van der Waals surface area contributed by atoms with Crippen molar-refractivity contribution in [3.8, 4) is 0 Å². The number of carbonyl (C=O) groups excluding carboxylic acids is 2. The van der Waals surface area contributed by atoms with Crippen molar-refractivity contribution in [2.24, 2.45) is 5.92 Å². The number of nitrogens with zero attached hydrogens (tertiary/aromatic N) is 4. The molecule has 0 radical (unpaired) electrons. The Morgan fingerprint density at radius 1 is 1.21 bits per heavy atom. The fourth-order valence-corrected chi connectivity index (χ4v) is 4.25. The largest absolute Gasteiger partial charge is 0.419 e. The highest BCUT2D eigenvalue weighted by molar-refractivity contribution is 5.79. The number of nitrogens with one attached hydrogen (secondary N) is 1. The lowest BCUT2D eigenvalue weighted by atomic mass is 9.96. The van der Waals surface area contributed by atoms with Crippen LogP contribution in [-0.2, 0) is 22.3 Å². The van der Waals surface area contributed by atoms with E-state index >= 15 is 0 Å². The first-order chi connectivity index (χ1) is 13.8. The summed E-state index contributed by atoms with van der Waals surface area (Å²) >= 11 is 0. The van der Waals surface area contributed by atoms with Crippen molar-refractivity contribution in [3.63, 3.8) is 0 Å². The number of rotatable bonds is 2. The fourth-order valence-electron chi connectivity index (χ4n) is 4.25. The number of halogens is 3. The van der Waals surface area contributed by atoms with Gasteiger partial charge in [-0.3, -0.25) is 9.48 Å². The highest BCUT2D eigenvalue weighted by Crippen LogP contribution is 2.29. The Morgan fingerprint density at radius 2 is 1.93 bits per heavy atom. The summed E-state index contributed by atoms with van der Waals surface area (Å²) in [6, 6.07) is -0.227. The Morgan fingerprint density at radius 3 is 2.62 bits per heavy atom. The molecule has 0 aliphatic carbocycles. The van der Waals surface area contributed by atoms with Gasteiger partial charge >= 0.3 is 12.2 Å². The van der Waals surface area contributed by atoms with Crippen LogP contribution in [0, 0.1) is 5.92 Å². The van der Waals surface area contributed by atoms with Crippen molar-refractivity contribution in [2.45, 2.75) is 44.1 Å². The Labute approximate surface area is 165 Å². The van der Waals surface area contributed by atoms with E-state index in [2.05, 4.69) is 10.4 Å². The summed E-state index contributed by atoms with van der Waals surface area (Å²) in [5, 5.41) is 6.70. The molecule has 4 rings (SSSR count). The molecule has 0 aromatic carbocycles. The fraction of sp³-hybridized carbons (Fsp3) is 0.722. The summed E-state index contributed by atoms with van der Waals surface area (Å²) in [4.78, 5) is 27.9. The van der Waals surface area contributed by atoms with Crippen molar-refractivity contribution in [2.75, 3.05) is 32.8 Å². The van der Waals surface area contributed by atoms with Crippen LogP contribution >= 0.6 is 0 Å². The Kier molecular flexibility index (Phi) is 5.41. The zero-order valence-corrected chi connectivity index (χ0v) is 15.9. The number of hydrogen-bond donors (Lipinski definition) is 1. The van der Waals surface area contributed by atoms with Gasteiger partial charge in [-0.05, 0) is 25.2 Å². The van der Waals surface area contributed by atoms with Crippen LogP contribution in [0.1, 0.15) is 24.8 Å². The average molecular weight is 415 g/mol. The van der Waals surface area contributed by atoms with E-state index in [1.54, 1.807) is 9.80 Å². The first-order valence-electron chi connectivity index (χ1n) is 9.84. The Bertz CT molecular complexity index is 760. The smallest absolute Gasteiger partial charge is 0.366 e. The second-order valence-corrected chi connectivity index (χ2v) is 7.92. The summed E-state index contributed by atoms with van der Waals surface area (Å²) in [6.07, 6.45) is -0.436. The van der Waals surface area contributed by atoms with Gasteiger partial charge in [0.1, 0.15) is 6.61 Å². The molecule has 3 aliphatic rings. The molecule has 11 heteroatoms. The van der Waals surface area contributed by atoms with Gasteiger partial charge in [0.05, 0.1) is 23.9 Å². The number of likely N-dealkylation sites (tertiary alicyclic amines) is 2. The molecule has 0 spiro atoms. The molecule has 3 amide bonds. The molecule has 3 aliphatic heterocycles. The third-order valence-electron chi connectivity index (χ3n) is 5.89. The molecule has 0 unspecified atom stereocenters. The minimum absolute atomic E-state index is 0.0434. The van der Waals surface area contributed by atoms with Gasteiger partial charge in [-0.15, -0.1) is 0 Å². The molecule has 1 aromatic rings. The average Bonchev–Trinajstić information content (AvgIpc) is 3.16. The minimum Gasteiger partial charge on any atom is -0.366 e. The molecule has 29 heavy (non-hydrogen) atoms. The van der Waals surface area contributed by atoms with Gasteiger partial charge in [0.25, 0.3) is 0 Å². The first-order valence-corrected chi connectivity index (χ1v) is 9.84. The highest BCUT2D eigenvalue weighted by Gasteiger charge is 2.38. The van der Waals surface area contributed by atoms with Crippen molar-refractivity contribution in [1.82, 2.24) is 24.9 Å². The van der Waals surface area contributed by atoms with Gasteiger partial charge in [0.15, 0.2) is 0 Å². The van der Waals surface area contributed by atoms with E-state index in [1.165, 1.54) is 4.68 Å². The molecule has 3 saturated heterocycles. The molecular weight excluding hydrogens is 391 g/mol. The van der Waals surface area contributed by atoms with Gasteiger partial charge in [0, 0.05) is 38.9 Å². The van der Waals surface area contributed by atoms with Gasteiger partial charge in [-0.2, -0.15) is 18.3 Å². The Hall–Kier alpha value is -2.30. The van der Waals surface area contributed by atoms with Crippen LogP contribution in [0.15, 0.2) is 12.4 Å². The topological polar surface area (TPSA) is 79.7 Å². The van der Waals surface area contributed by atoms with Crippen LogP contribution in [0.2, 0.25) is 0 Å². The molecule has 1 aromatic heterocycles. The maximum Gasteiger partial charge on any atom is 0.419 e. The molecule has 1 N–H and O–H groups in total. The Balaban J connectivity index is 1.26. The molecule has 3 fully saturated rings. The zero-order valence-electron chi connectivity index (χ0n) is 15.9. The van der Waals surface area contributed by atoms with Gasteiger partial charge in [0.2, 0.25) is 5.91 Å². The first kappa shape index (κ1) is 20.0. The predicted molar refractivity (Wildman–Crippen MR) is 94.8 cm³/mol. The monoisotopic (exact) mass is 415 g/mol. The summed E-state index contributed by atoms with van der Waals surface area (Å²) in [5.74, 6) is 0.0190. The predicted octanol–water partition coefficient (Wildman–Crippen LogP) is 1.32. The molecule has 2 atom stereocenters. The van der Waals surface area contributed by atoms with E-state index in [0.29, 0.717) is 52.0 Å². The number of carbonyl (C=O) groups is 2. The van der Waals surface area contributed by atoms with E-state index in [9.17, 15) is 22.8 Å². The van der Waals surface area contributed by atoms with E-state index in [0.717, 1.165) is 12.4 Å². The van der Waals surface area contributed by atoms with E-state index < -0.39 is 11.7 Å². The normalized spacial score (nSPS) is 26.2. The summed E-state index contributed by atoms with van der Waals surface area (Å²) in [6.45, 7) is 2.62. The highest BCUT2D eigenvalue weighted by atomic mass is 19.4. The molecule has 160 valence electrons. The molecule has 8 nitrogen and oxygen atoms in total. The number of aromatic nitrogens is 2. The molecule has 4 heterocycles. The lowest BCUT2D eigenvalue weighted by Gasteiger charge is -2.43. The number of morpholine rings is 1. The van der Waals surface area contributed by atoms with Gasteiger partial charge in [-0.25, -0.2) is 4.79 Å². The number of piperidine rings is 2. The standard InChI is InChI=1S/C18H24F3N5O3/c19-18(20,21)13-7-22-26(9-13)8-12-1-4-24(5-2-12)17(28)25-6-3-15-14(10-25)23-16(27)11-29-15/h7,9,12,14-15H,1-6,8,10-11H2,(H,23,27)/t14-,15+/m1/s1. The number of ether oxygens (including phenoxy) is 1. The molecular formula is C18H24F3N5O3. The second-order valence-electron chi connectivity index (χ2n) is 7.92. The van der Waals surface area contributed by atoms with Crippen LogP contribution in [0.4, 0.5) is 18.0 Å². The number of alkyl halides is 3. The van der Waals surface area contributed by atoms with E-state index in [4.69, 9.17) is 4.74 Å². The van der Waals surface area contributed by atoms with Crippen LogP contribution in [0.3, 0.4) is 0 Å². The lowest BCUT2D eigenvalue weighted by molar-refractivity contribution is -0.140. The van der Waals surface area contributed by atoms with E-state index in [1.807, 2.05) is 0 Å². The second kappa shape index (κ2) is 7.85. The third kappa shape index (κ3) is 4.49. The summed E-state index contributed by atoms with van der Waals surface area (Å²) in [7, 11) is 0. The quantitative estimate of drug-likeness (QED) is 0.790. The molecule has 0 saturated carbocycles. The number of amides is 3. The third-order valence-corrected chi connectivity index (χ3v) is 5.89. The minimum atomic E-state index is -4.38. The SMILES string of the molecule is O=C1CO[C@H]2CCN(C(=O)N3CCC(Cn4cc(C(F)(F)F)cn4)CC3)C[C@H]2N1. The van der Waals surface area contributed by atoms with Gasteiger partial charge in [-0.1, -0.05) is 0 Å². The summed E-state index contributed by atoms with van der Waals surface area (Å²) in [5.41, 5.74) is -0.743. The number of urea groups is 1. The zero-order chi connectivity index (χ0) is 20.6. The maximum atomic E-state index is 12.8. The van der Waals surface area contributed by atoms with Crippen LogP contribution in [0.25, 0.3) is 0 Å². The van der Waals surface area contributed by atoms with Crippen LogP contribution < -0.4 is 5.32 Å². The van der Waals surface area contributed by atoms with E-state index in [-0.39, 0.29) is 36.6 Å². The van der Waals surface area contributed by atoms with Crippen molar-refractivity contribution >= 4 is 11.9 Å². The van der Waals surface area contributed by atoms with Crippen LogP contribution in [0.5, 0.6) is 0 Å².